The number of nitrogens with two attached hydrogens (primary N) is 1. The number of aromatic nitrogens is 3. The largest absolute Gasteiger partial charge is 0.348 e. The number of carbonyl (C=O) groups is 1. The first-order valence-electron chi connectivity index (χ1n) is 6.76. The van der Waals surface area contributed by atoms with Gasteiger partial charge in [-0.05, 0) is 18.7 Å². The zero-order chi connectivity index (χ0) is 16.1. The van der Waals surface area contributed by atoms with Gasteiger partial charge in [0.25, 0.3) is 0 Å². The molecule has 22 heavy (non-hydrogen) atoms. The molecule has 0 aliphatic heterocycles. The van der Waals surface area contributed by atoms with Crippen molar-refractivity contribution in [2.75, 3.05) is 26.4 Å². The predicted octanol–water partition coefficient (Wildman–Crippen LogP) is 1.09. The Morgan fingerprint density at radius 3 is 2.73 bits per heavy atom. The molecule has 0 unspecified atom stereocenters. The molecule has 0 spiro atoms. The van der Waals surface area contributed by atoms with E-state index in [2.05, 4.69) is 10.2 Å². The predicted molar refractivity (Wildman–Crippen MR) is 83.5 cm³/mol. The molecule has 2 aromatic rings. The third-order valence-electron chi connectivity index (χ3n) is 2.99. The molecular weight excluding hydrogens is 305 g/mol. The van der Waals surface area contributed by atoms with E-state index >= 15 is 0 Å². The molecule has 0 saturated heterocycles. The molecule has 2 N–H and O–H groups in total. The minimum Gasteiger partial charge on any atom is -0.348 e. The monoisotopic (exact) mass is 323 g/mol. The molecule has 0 aliphatic carbocycles. The molecule has 1 amide bonds. The van der Waals surface area contributed by atoms with Crippen LogP contribution < -0.4 is 5.73 Å². The number of benzene rings is 1. The van der Waals surface area contributed by atoms with E-state index in [1.54, 1.807) is 36.9 Å². The smallest absolute Gasteiger partial charge is 0.232 e. The second-order valence-electron chi connectivity index (χ2n) is 4.80. The Balaban J connectivity index is 2.35. The number of carbonyl (C=O) groups excluding carboxylic acids is 1. The zero-order valence-corrected chi connectivity index (χ0v) is 13.3. The first kappa shape index (κ1) is 16.4. The minimum absolute atomic E-state index is 0.0477. The fourth-order valence-corrected chi connectivity index (χ4v) is 2.76. The summed E-state index contributed by atoms with van der Waals surface area (Å²) in [6.45, 7) is 0.383. The molecule has 6 nitrogen and oxygen atoms in total. The molecule has 0 fully saturated rings. The highest BCUT2D eigenvalue weighted by atomic mass is 32.2. The summed E-state index contributed by atoms with van der Waals surface area (Å²) < 4.78 is 15.7. The van der Waals surface area contributed by atoms with Gasteiger partial charge in [0.1, 0.15) is 11.6 Å². The van der Waals surface area contributed by atoms with Gasteiger partial charge >= 0.3 is 0 Å². The maximum absolute atomic E-state index is 14.1. The Kier molecular flexibility index (Phi) is 5.51. The number of rotatable bonds is 6. The van der Waals surface area contributed by atoms with Gasteiger partial charge in [-0.15, -0.1) is 10.2 Å². The van der Waals surface area contributed by atoms with E-state index in [1.807, 2.05) is 0 Å². The van der Waals surface area contributed by atoms with E-state index in [9.17, 15) is 9.18 Å². The Morgan fingerprint density at radius 2 is 2.09 bits per heavy atom. The van der Waals surface area contributed by atoms with Gasteiger partial charge in [-0.3, -0.25) is 9.36 Å². The molecule has 0 bridgehead atoms. The van der Waals surface area contributed by atoms with E-state index in [1.165, 1.54) is 22.7 Å². The second-order valence-corrected chi connectivity index (χ2v) is 5.74. The van der Waals surface area contributed by atoms with Crippen LogP contribution in [0, 0.1) is 5.82 Å². The maximum atomic E-state index is 14.1. The lowest BCUT2D eigenvalue weighted by Crippen LogP contribution is -2.23. The second kappa shape index (κ2) is 7.37. The van der Waals surface area contributed by atoms with E-state index < -0.39 is 0 Å². The van der Waals surface area contributed by atoms with Gasteiger partial charge in [0.2, 0.25) is 5.91 Å². The van der Waals surface area contributed by atoms with Gasteiger partial charge in [-0.25, -0.2) is 4.39 Å². The van der Waals surface area contributed by atoms with Crippen LogP contribution >= 0.6 is 11.8 Å². The van der Waals surface area contributed by atoms with Crippen molar-refractivity contribution in [1.82, 2.24) is 19.7 Å². The summed E-state index contributed by atoms with van der Waals surface area (Å²) in [5.74, 6) is 0.365. The molecule has 0 saturated carbocycles. The number of thioether (sulfide) groups is 1. The Labute approximate surface area is 132 Å². The molecule has 1 aromatic heterocycles. The van der Waals surface area contributed by atoms with Crippen LogP contribution in [0.4, 0.5) is 4.39 Å². The van der Waals surface area contributed by atoms with Crippen molar-refractivity contribution < 1.29 is 9.18 Å². The van der Waals surface area contributed by atoms with Crippen molar-refractivity contribution >= 4 is 17.7 Å². The Bertz CT molecular complexity index is 658. The molecule has 1 aromatic carbocycles. The summed E-state index contributed by atoms with van der Waals surface area (Å²) in [6.07, 6.45) is 0.476. The van der Waals surface area contributed by atoms with Gasteiger partial charge in [0, 0.05) is 20.5 Å². The lowest BCUT2D eigenvalue weighted by Gasteiger charge is -2.12. The third-order valence-corrected chi connectivity index (χ3v) is 3.90. The lowest BCUT2D eigenvalue weighted by molar-refractivity contribution is -0.125. The summed E-state index contributed by atoms with van der Waals surface area (Å²) >= 11 is 1.22. The van der Waals surface area contributed by atoms with Crippen molar-refractivity contribution in [3.63, 3.8) is 0 Å². The fraction of sp³-hybridized carbons (Fsp3) is 0.357. The van der Waals surface area contributed by atoms with Crippen molar-refractivity contribution in [1.29, 1.82) is 0 Å². The van der Waals surface area contributed by atoms with E-state index in [0.29, 0.717) is 29.6 Å². The van der Waals surface area contributed by atoms with Crippen LogP contribution in [0.25, 0.3) is 5.69 Å². The summed E-state index contributed by atoms with van der Waals surface area (Å²) in [7, 11) is 3.37. The topological polar surface area (TPSA) is 77.0 Å². The quantitative estimate of drug-likeness (QED) is 0.805. The molecule has 0 radical (unpaired) electrons. The molecular formula is C14H18FN5OS. The highest BCUT2D eigenvalue weighted by molar-refractivity contribution is 7.99. The van der Waals surface area contributed by atoms with Crippen LogP contribution in [0.5, 0.6) is 0 Å². The fourth-order valence-electron chi connectivity index (χ4n) is 1.82. The van der Waals surface area contributed by atoms with Gasteiger partial charge in [-0.2, -0.15) is 0 Å². The van der Waals surface area contributed by atoms with Crippen molar-refractivity contribution in [3.05, 3.63) is 35.9 Å². The van der Waals surface area contributed by atoms with Gasteiger partial charge in [0.15, 0.2) is 5.16 Å². The molecule has 2 rings (SSSR count). The average molecular weight is 323 g/mol. The Hall–Kier alpha value is -1.93. The molecule has 1 heterocycles. The van der Waals surface area contributed by atoms with Crippen LogP contribution in [-0.2, 0) is 11.2 Å². The van der Waals surface area contributed by atoms with Crippen LogP contribution in [0.1, 0.15) is 5.82 Å². The van der Waals surface area contributed by atoms with Crippen molar-refractivity contribution in [2.24, 2.45) is 5.73 Å². The first-order valence-corrected chi connectivity index (χ1v) is 7.75. The summed E-state index contributed by atoms with van der Waals surface area (Å²) in [5.41, 5.74) is 5.93. The zero-order valence-electron chi connectivity index (χ0n) is 12.5. The van der Waals surface area contributed by atoms with Gasteiger partial charge in [-0.1, -0.05) is 23.9 Å². The standard InChI is InChI=1S/C14H18FN5OS/c1-19(2)13(21)9-22-14-18-17-12(7-8-16)20(14)11-6-4-3-5-10(11)15/h3-6H,7-9,16H2,1-2H3. The van der Waals surface area contributed by atoms with Crippen molar-refractivity contribution in [3.8, 4) is 5.69 Å². The summed E-state index contributed by atoms with van der Waals surface area (Å²) in [4.78, 5) is 13.2. The molecule has 118 valence electrons. The highest BCUT2D eigenvalue weighted by Gasteiger charge is 2.18. The number of amides is 1. The number of nitrogens with zero attached hydrogens (tertiary/aromatic N) is 4. The highest BCUT2D eigenvalue weighted by Crippen LogP contribution is 2.24. The molecule has 0 atom stereocenters. The van der Waals surface area contributed by atoms with E-state index in [4.69, 9.17) is 5.73 Å². The maximum Gasteiger partial charge on any atom is 0.232 e. The number of halogens is 1. The normalized spacial score (nSPS) is 10.7. The third kappa shape index (κ3) is 3.63. The number of hydrogen-bond donors (Lipinski definition) is 1. The van der Waals surface area contributed by atoms with Gasteiger partial charge in [0.05, 0.1) is 11.4 Å². The van der Waals surface area contributed by atoms with E-state index in [-0.39, 0.29) is 17.5 Å². The van der Waals surface area contributed by atoms with Crippen LogP contribution in [-0.4, -0.2) is 52.0 Å². The number of hydrogen-bond acceptors (Lipinski definition) is 5. The van der Waals surface area contributed by atoms with E-state index in [0.717, 1.165) is 0 Å². The average Bonchev–Trinajstić information content (AvgIpc) is 2.88. The van der Waals surface area contributed by atoms with Crippen LogP contribution in [0.3, 0.4) is 0 Å². The SMILES string of the molecule is CN(C)C(=O)CSc1nnc(CCN)n1-c1ccccc1F. The molecule has 8 heteroatoms. The number of para-hydroxylation sites is 1. The minimum atomic E-state index is -0.374. The lowest BCUT2D eigenvalue weighted by atomic mass is 10.3. The Morgan fingerprint density at radius 1 is 1.36 bits per heavy atom. The molecule has 0 aliphatic rings. The first-order chi connectivity index (χ1) is 10.5. The summed E-state index contributed by atoms with van der Waals surface area (Å²) in [6, 6.07) is 6.38. The van der Waals surface area contributed by atoms with Gasteiger partial charge < -0.3 is 10.6 Å². The summed E-state index contributed by atoms with van der Waals surface area (Å²) in [5, 5.41) is 8.61. The van der Waals surface area contributed by atoms with Crippen LogP contribution in [0.15, 0.2) is 29.4 Å². The van der Waals surface area contributed by atoms with Crippen LogP contribution in [0.2, 0.25) is 0 Å². The van der Waals surface area contributed by atoms with Crippen molar-refractivity contribution in [2.45, 2.75) is 11.6 Å².